The van der Waals surface area contributed by atoms with Crippen molar-refractivity contribution in [2.75, 3.05) is 6.54 Å². The fraction of sp³-hybridized carbons (Fsp3) is 0.261. The molecule has 1 aliphatic rings. The van der Waals surface area contributed by atoms with E-state index in [-0.39, 0.29) is 17.4 Å². The zero-order valence-corrected chi connectivity index (χ0v) is 17.3. The van der Waals surface area contributed by atoms with E-state index in [1.807, 2.05) is 24.3 Å². The topological polar surface area (TPSA) is 55.2 Å². The zero-order chi connectivity index (χ0) is 21.3. The first kappa shape index (κ1) is 20.3. The van der Waals surface area contributed by atoms with Gasteiger partial charge in [0.05, 0.1) is 0 Å². The molecule has 3 aromatic rings. The third-order valence-electron chi connectivity index (χ3n) is 5.44. The maximum Gasteiger partial charge on any atom is 0.278 e. The van der Waals surface area contributed by atoms with Crippen LogP contribution in [0.3, 0.4) is 0 Å². The summed E-state index contributed by atoms with van der Waals surface area (Å²) in [6, 6.07) is 14.9. The van der Waals surface area contributed by atoms with E-state index in [9.17, 15) is 14.0 Å². The summed E-state index contributed by atoms with van der Waals surface area (Å²) in [6.45, 7) is 2.20. The minimum atomic E-state index is -0.479. The second-order valence-electron chi connectivity index (χ2n) is 7.45. The van der Waals surface area contributed by atoms with E-state index in [2.05, 4.69) is 5.10 Å². The van der Waals surface area contributed by atoms with Crippen LogP contribution in [0.1, 0.15) is 34.6 Å². The van der Waals surface area contributed by atoms with Crippen molar-refractivity contribution in [1.29, 1.82) is 0 Å². The summed E-state index contributed by atoms with van der Waals surface area (Å²) in [6.07, 6.45) is 2.28. The van der Waals surface area contributed by atoms with Crippen molar-refractivity contribution in [3.8, 4) is 5.69 Å². The molecule has 2 heterocycles. The van der Waals surface area contributed by atoms with Crippen LogP contribution in [0, 0.1) is 12.7 Å². The zero-order valence-electron chi connectivity index (χ0n) is 16.5. The van der Waals surface area contributed by atoms with Gasteiger partial charge in [-0.3, -0.25) is 9.59 Å². The Labute approximate surface area is 178 Å². The Morgan fingerprint density at radius 2 is 1.93 bits per heavy atom. The van der Waals surface area contributed by atoms with Crippen molar-refractivity contribution in [3.05, 3.63) is 92.6 Å². The van der Waals surface area contributed by atoms with Gasteiger partial charge in [0.1, 0.15) is 11.5 Å². The van der Waals surface area contributed by atoms with Crippen LogP contribution in [0.5, 0.6) is 0 Å². The van der Waals surface area contributed by atoms with Gasteiger partial charge in [-0.2, -0.15) is 5.10 Å². The minimum absolute atomic E-state index is 0.0678. The summed E-state index contributed by atoms with van der Waals surface area (Å²) in [5.41, 5.74) is 0.946. The number of benzene rings is 2. The first-order valence-electron chi connectivity index (χ1n) is 9.86. The molecule has 0 saturated carbocycles. The van der Waals surface area contributed by atoms with Gasteiger partial charge in [0.15, 0.2) is 5.69 Å². The molecular weight excluding hydrogens is 405 g/mol. The number of aryl methyl sites for hydroxylation is 1. The Balaban J connectivity index is 1.67. The molecule has 5 nitrogen and oxygen atoms in total. The molecule has 1 aliphatic heterocycles. The van der Waals surface area contributed by atoms with E-state index < -0.39 is 17.2 Å². The first-order valence-corrected chi connectivity index (χ1v) is 10.2. The van der Waals surface area contributed by atoms with Crippen LogP contribution in [-0.4, -0.2) is 33.2 Å². The molecular formula is C23H21ClFN3O2. The second-order valence-corrected chi connectivity index (χ2v) is 7.86. The molecule has 0 radical (unpaired) electrons. The molecule has 1 aromatic heterocycles. The summed E-state index contributed by atoms with van der Waals surface area (Å²) >= 11 is 6.29. The Kier molecular flexibility index (Phi) is 5.68. The molecule has 2 aromatic carbocycles. The Morgan fingerprint density at radius 1 is 1.20 bits per heavy atom. The van der Waals surface area contributed by atoms with Crippen molar-refractivity contribution >= 4 is 17.5 Å². The molecule has 1 unspecified atom stereocenters. The number of halogens is 2. The molecule has 1 amide bonds. The van der Waals surface area contributed by atoms with Gasteiger partial charge in [0.25, 0.3) is 5.91 Å². The van der Waals surface area contributed by atoms with Crippen LogP contribution >= 0.6 is 11.6 Å². The van der Waals surface area contributed by atoms with Crippen LogP contribution in [0.2, 0.25) is 5.02 Å². The third-order valence-corrected chi connectivity index (χ3v) is 5.81. The predicted molar refractivity (Wildman–Crippen MR) is 114 cm³/mol. The number of likely N-dealkylation sites (tertiary alicyclic amines) is 1. The van der Waals surface area contributed by atoms with Crippen molar-refractivity contribution in [3.63, 3.8) is 0 Å². The summed E-state index contributed by atoms with van der Waals surface area (Å²) in [5.74, 6) is -0.910. The lowest BCUT2D eigenvalue weighted by molar-refractivity contribution is 0.0727. The smallest absolute Gasteiger partial charge is 0.278 e. The van der Waals surface area contributed by atoms with Crippen molar-refractivity contribution in [2.45, 2.75) is 32.2 Å². The number of carbonyl (C=O) groups excluding carboxylic acids is 1. The highest BCUT2D eigenvalue weighted by molar-refractivity contribution is 6.31. The lowest BCUT2D eigenvalue weighted by Crippen LogP contribution is -2.40. The van der Waals surface area contributed by atoms with Gasteiger partial charge >= 0.3 is 0 Å². The number of hydrogen-bond donors (Lipinski definition) is 0. The van der Waals surface area contributed by atoms with Crippen LogP contribution in [0.4, 0.5) is 4.39 Å². The first-order chi connectivity index (χ1) is 14.5. The van der Waals surface area contributed by atoms with Gasteiger partial charge in [-0.05, 0) is 49.9 Å². The average Bonchev–Trinajstić information content (AvgIpc) is 3.18. The molecule has 0 aliphatic carbocycles. The van der Waals surface area contributed by atoms with Gasteiger partial charge in [0, 0.05) is 29.4 Å². The van der Waals surface area contributed by atoms with Gasteiger partial charge in [-0.1, -0.05) is 41.9 Å². The normalized spacial score (nSPS) is 16.1. The highest BCUT2D eigenvalue weighted by Crippen LogP contribution is 2.26. The van der Waals surface area contributed by atoms with Gasteiger partial charge in [-0.25, -0.2) is 9.07 Å². The van der Waals surface area contributed by atoms with E-state index in [1.54, 1.807) is 30.0 Å². The van der Waals surface area contributed by atoms with E-state index in [0.29, 0.717) is 23.7 Å². The largest absolute Gasteiger partial charge is 0.334 e. The number of rotatable bonds is 4. The number of aromatic nitrogens is 2. The molecule has 1 atom stereocenters. The number of nitrogens with zero attached hydrogens (tertiary/aromatic N) is 3. The van der Waals surface area contributed by atoms with E-state index in [4.69, 9.17) is 11.6 Å². The molecule has 154 valence electrons. The summed E-state index contributed by atoms with van der Waals surface area (Å²) < 4.78 is 15.6. The molecule has 7 heteroatoms. The van der Waals surface area contributed by atoms with E-state index >= 15 is 0 Å². The fourth-order valence-electron chi connectivity index (χ4n) is 3.93. The van der Waals surface area contributed by atoms with Crippen molar-refractivity contribution in [1.82, 2.24) is 14.7 Å². The molecule has 1 saturated heterocycles. The Bertz CT molecular complexity index is 1160. The molecule has 4 rings (SSSR count). The maximum atomic E-state index is 14.3. The second kappa shape index (κ2) is 8.40. The molecule has 0 N–H and O–H groups in total. The number of amides is 1. The molecule has 30 heavy (non-hydrogen) atoms. The number of hydrogen-bond acceptors (Lipinski definition) is 3. The van der Waals surface area contributed by atoms with Crippen molar-refractivity contribution < 1.29 is 9.18 Å². The van der Waals surface area contributed by atoms with Gasteiger partial charge < -0.3 is 4.90 Å². The highest BCUT2D eigenvalue weighted by Gasteiger charge is 2.32. The molecule has 0 bridgehead atoms. The van der Waals surface area contributed by atoms with E-state index in [0.717, 1.165) is 18.4 Å². The monoisotopic (exact) mass is 425 g/mol. The third kappa shape index (κ3) is 3.87. The minimum Gasteiger partial charge on any atom is -0.334 e. The highest BCUT2D eigenvalue weighted by atomic mass is 35.5. The lowest BCUT2D eigenvalue weighted by Gasteiger charge is -2.25. The van der Waals surface area contributed by atoms with E-state index in [1.165, 1.54) is 16.8 Å². The van der Waals surface area contributed by atoms with Crippen LogP contribution in [0.25, 0.3) is 5.69 Å². The molecule has 1 fully saturated rings. The SMILES string of the molecule is Cc1cc(=O)c(C(=O)N2CCCC2Cc2ccccc2Cl)nn1-c1ccccc1F. The predicted octanol–water partition coefficient (Wildman–Crippen LogP) is 4.18. The van der Waals surface area contributed by atoms with Crippen LogP contribution in [-0.2, 0) is 6.42 Å². The number of para-hydroxylation sites is 1. The average molecular weight is 426 g/mol. The number of carbonyl (C=O) groups is 1. The fourth-order valence-corrected chi connectivity index (χ4v) is 4.14. The maximum absolute atomic E-state index is 14.3. The summed E-state index contributed by atoms with van der Waals surface area (Å²) in [5, 5.41) is 4.91. The lowest BCUT2D eigenvalue weighted by atomic mass is 10.0. The standard InChI is InChI=1S/C23H21ClFN3O2/c1-15-13-21(29)22(26-28(15)20-11-5-4-10-19(20)25)23(30)27-12-6-8-17(27)14-16-7-2-3-9-18(16)24/h2-5,7,9-11,13,17H,6,8,12,14H2,1H3. The Morgan fingerprint density at radius 3 is 2.70 bits per heavy atom. The summed E-state index contributed by atoms with van der Waals surface area (Å²) in [4.78, 5) is 27.5. The van der Waals surface area contributed by atoms with Crippen LogP contribution < -0.4 is 5.43 Å². The summed E-state index contributed by atoms with van der Waals surface area (Å²) in [7, 11) is 0. The quantitative estimate of drug-likeness (QED) is 0.630. The van der Waals surface area contributed by atoms with Crippen LogP contribution in [0.15, 0.2) is 59.4 Å². The van der Waals surface area contributed by atoms with Gasteiger partial charge in [-0.15, -0.1) is 0 Å². The molecule has 0 spiro atoms. The Hall–Kier alpha value is -2.99. The van der Waals surface area contributed by atoms with Crippen molar-refractivity contribution in [2.24, 2.45) is 0 Å². The van der Waals surface area contributed by atoms with Gasteiger partial charge in [0.2, 0.25) is 5.43 Å².